The summed E-state index contributed by atoms with van der Waals surface area (Å²) in [4.78, 5) is 0. The minimum atomic E-state index is -0.446. The third kappa shape index (κ3) is 3.66. The molecule has 1 atom stereocenters. The van der Waals surface area contributed by atoms with Crippen molar-refractivity contribution in [3.63, 3.8) is 0 Å². The summed E-state index contributed by atoms with van der Waals surface area (Å²) < 4.78 is 0. The number of halogens is 1. The lowest BCUT2D eigenvalue weighted by molar-refractivity contribution is 0.159. The van der Waals surface area contributed by atoms with Gasteiger partial charge in [0.1, 0.15) is 0 Å². The van der Waals surface area contributed by atoms with E-state index in [-0.39, 0.29) is 6.61 Å². The number of aliphatic hydroxyl groups excluding tert-OH is 2. The number of aliphatic hydroxyl groups is 2. The molecule has 0 unspecified atom stereocenters. The Bertz CT molecular complexity index is 258. The van der Waals surface area contributed by atoms with Gasteiger partial charge in [-0.2, -0.15) is 0 Å². The molecule has 3 heteroatoms. The van der Waals surface area contributed by atoms with Crippen molar-refractivity contribution >= 4 is 11.6 Å². The van der Waals surface area contributed by atoms with Crippen molar-refractivity contribution in [1.29, 1.82) is 0 Å². The van der Waals surface area contributed by atoms with Gasteiger partial charge in [0, 0.05) is 11.6 Å². The molecule has 0 saturated carbocycles. The fourth-order valence-electron chi connectivity index (χ4n) is 1.30. The van der Waals surface area contributed by atoms with Crippen LogP contribution < -0.4 is 0 Å². The van der Waals surface area contributed by atoms with Gasteiger partial charge < -0.3 is 10.2 Å². The third-order valence-electron chi connectivity index (χ3n) is 2.14. The van der Waals surface area contributed by atoms with Crippen LogP contribution in [0, 0.1) is 0 Å². The van der Waals surface area contributed by atoms with Gasteiger partial charge in [0.15, 0.2) is 0 Å². The Balaban J connectivity index is 2.43. The van der Waals surface area contributed by atoms with Gasteiger partial charge in [-0.1, -0.05) is 23.7 Å². The third-order valence-corrected chi connectivity index (χ3v) is 2.39. The number of unbranched alkanes of at least 4 members (excludes halogenated alkanes) is 1. The summed E-state index contributed by atoms with van der Waals surface area (Å²) in [5.41, 5.74) is 0.882. The van der Waals surface area contributed by atoms with Gasteiger partial charge >= 0.3 is 0 Å². The predicted octanol–water partition coefficient (Wildman–Crippen LogP) is 2.54. The molecule has 2 N–H and O–H groups in total. The first-order chi connectivity index (χ1) is 6.74. The average molecular weight is 215 g/mol. The molecule has 0 aliphatic rings. The monoisotopic (exact) mass is 214 g/mol. The SMILES string of the molecule is OCCCC[C@H](O)c1ccc(Cl)cc1. The molecule has 14 heavy (non-hydrogen) atoms. The van der Waals surface area contributed by atoms with Gasteiger partial charge in [0.25, 0.3) is 0 Å². The van der Waals surface area contributed by atoms with Crippen LogP contribution in [-0.4, -0.2) is 16.8 Å². The topological polar surface area (TPSA) is 40.5 Å². The normalized spacial score (nSPS) is 12.8. The maximum atomic E-state index is 9.71. The van der Waals surface area contributed by atoms with Gasteiger partial charge in [-0.25, -0.2) is 0 Å². The first kappa shape index (κ1) is 11.5. The first-order valence-electron chi connectivity index (χ1n) is 4.78. The minimum absolute atomic E-state index is 0.188. The summed E-state index contributed by atoms with van der Waals surface area (Å²) in [6.07, 6.45) is 1.81. The lowest BCUT2D eigenvalue weighted by Crippen LogP contribution is -1.97. The molecular weight excluding hydrogens is 200 g/mol. The summed E-state index contributed by atoms with van der Waals surface area (Å²) in [6.45, 7) is 0.188. The quantitative estimate of drug-likeness (QED) is 0.740. The summed E-state index contributed by atoms with van der Waals surface area (Å²) in [5.74, 6) is 0. The Kier molecular flexibility index (Phi) is 4.94. The fraction of sp³-hybridized carbons (Fsp3) is 0.455. The van der Waals surface area contributed by atoms with Crippen LogP contribution in [-0.2, 0) is 0 Å². The van der Waals surface area contributed by atoms with E-state index in [2.05, 4.69) is 0 Å². The number of rotatable bonds is 5. The highest BCUT2D eigenvalue weighted by atomic mass is 35.5. The van der Waals surface area contributed by atoms with E-state index in [0.717, 1.165) is 18.4 Å². The summed E-state index contributed by atoms with van der Waals surface area (Å²) in [6, 6.07) is 7.19. The Morgan fingerprint density at radius 2 is 1.79 bits per heavy atom. The van der Waals surface area contributed by atoms with Crippen molar-refractivity contribution in [1.82, 2.24) is 0 Å². The van der Waals surface area contributed by atoms with Gasteiger partial charge in [-0.3, -0.25) is 0 Å². The zero-order valence-electron chi connectivity index (χ0n) is 7.99. The lowest BCUT2D eigenvalue weighted by atomic mass is 10.0. The van der Waals surface area contributed by atoms with E-state index >= 15 is 0 Å². The van der Waals surface area contributed by atoms with E-state index in [9.17, 15) is 5.11 Å². The first-order valence-corrected chi connectivity index (χ1v) is 5.16. The lowest BCUT2D eigenvalue weighted by Gasteiger charge is -2.10. The van der Waals surface area contributed by atoms with Gasteiger partial charge in [0.2, 0.25) is 0 Å². The molecule has 1 rings (SSSR count). The number of hydrogen-bond acceptors (Lipinski definition) is 2. The predicted molar refractivity (Wildman–Crippen MR) is 57.3 cm³/mol. The van der Waals surface area contributed by atoms with Crippen molar-refractivity contribution in [3.05, 3.63) is 34.9 Å². The molecule has 0 fully saturated rings. The van der Waals surface area contributed by atoms with E-state index in [1.807, 2.05) is 12.1 Å². The molecule has 0 radical (unpaired) electrons. The largest absolute Gasteiger partial charge is 0.396 e. The van der Waals surface area contributed by atoms with Crippen molar-refractivity contribution in [2.45, 2.75) is 25.4 Å². The second-order valence-electron chi connectivity index (χ2n) is 3.29. The van der Waals surface area contributed by atoms with Crippen LogP contribution in [0.15, 0.2) is 24.3 Å². The van der Waals surface area contributed by atoms with E-state index in [1.54, 1.807) is 12.1 Å². The molecule has 0 amide bonds. The van der Waals surface area contributed by atoms with Gasteiger partial charge in [0.05, 0.1) is 6.10 Å². The minimum Gasteiger partial charge on any atom is -0.396 e. The molecule has 0 aromatic heterocycles. The van der Waals surface area contributed by atoms with Crippen molar-refractivity contribution in [2.24, 2.45) is 0 Å². The Morgan fingerprint density at radius 1 is 1.14 bits per heavy atom. The molecule has 0 spiro atoms. The molecule has 0 bridgehead atoms. The van der Waals surface area contributed by atoms with Crippen LogP contribution in [0.4, 0.5) is 0 Å². The smallest absolute Gasteiger partial charge is 0.0790 e. The maximum Gasteiger partial charge on any atom is 0.0790 e. The second kappa shape index (κ2) is 6.02. The Morgan fingerprint density at radius 3 is 2.36 bits per heavy atom. The van der Waals surface area contributed by atoms with E-state index in [4.69, 9.17) is 16.7 Å². The Labute approximate surface area is 89.1 Å². The van der Waals surface area contributed by atoms with Crippen LogP contribution in [0.25, 0.3) is 0 Å². The van der Waals surface area contributed by atoms with E-state index in [1.165, 1.54) is 0 Å². The molecule has 78 valence electrons. The average Bonchev–Trinajstić information content (AvgIpc) is 2.19. The van der Waals surface area contributed by atoms with Crippen LogP contribution in [0.2, 0.25) is 5.02 Å². The fourth-order valence-corrected chi connectivity index (χ4v) is 1.43. The molecule has 1 aromatic rings. The van der Waals surface area contributed by atoms with Crippen LogP contribution in [0.1, 0.15) is 30.9 Å². The second-order valence-corrected chi connectivity index (χ2v) is 3.72. The molecule has 0 heterocycles. The number of benzene rings is 1. The van der Waals surface area contributed by atoms with Crippen molar-refractivity contribution in [3.8, 4) is 0 Å². The Hall–Kier alpha value is -0.570. The van der Waals surface area contributed by atoms with Crippen LogP contribution in [0.3, 0.4) is 0 Å². The summed E-state index contributed by atoms with van der Waals surface area (Å²) >= 11 is 5.73. The summed E-state index contributed by atoms with van der Waals surface area (Å²) in [7, 11) is 0. The van der Waals surface area contributed by atoms with Crippen molar-refractivity contribution < 1.29 is 10.2 Å². The molecule has 2 nitrogen and oxygen atoms in total. The zero-order chi connectivity index (χ0) is 10.4. The highest BCUT2D eigenvalue weighted by Crippen LogP contribution is 2.20. The number of hydrogen-bond donors (Lipinski definition) is 2. The molecule has 1 aromatic carbocycles. The molecule has 0 aliphatic carbocycles. The van der Waals surface area contributed by atoms with E-state index < -0.39 is 6.10 Å². The highest BCUT2D eigenvalue weighted by molar-refractivity contribution is 6.30. The van der Waals surface area contributed by atoms with Crippen LogP contribution >= 0.6 is 11.6 Å². The highest BCUT2D eigenvalue weighted by Gasteiger charge is 2.06. The van der Waals surface area contributed by atoms with Gasteiger partial charge in [-0.15, -0.1) is 0 Å². The standard InChI is InChI=1S/C11H15ClO2/c12-10-6-4-9(5-7-10)11(14)3-1-2-8-13/h4-7,11,13-14H,1-3,8H2/t11-/m0/s1. The maximum absolute atomic E-state index is 9.71. The molecule has 0 saturated heterocycles. The van der Waals surface area contributed by atoms with E-state index in [0.29, 0.717) is 11.4 Å². The zero-order valence-corrected chi connectivity index (χ0v) is 8.74. The van der Waals surface area contributed by atoms with Crippen molar-refractivity contribution in [2.75, 3.05) is 6.61 Å². The molecule has 0 aliphatic heterocycles. The summed E-state index contributed by atoms with van der Waals surface area (Å²) in [5, 5.41) is 19.0. The molecular formula is C11H15ClO2. The van der Waals surface area contributed by atoms with Crippen LogP contribution in [0.5, 0.6) is 0 Å². The van der Waals surface area contributed by atoms with Gasteiger partial charge in [-0.05, 0) is 37.0 Å².